The Morgan fingerprint density at radius 1 is 1.19 bits per heavy atom. The summed E-state index contributed by atoms with van der Waals surface area (Å²) >= 11 is -0.485. The van der Waals surface area contributed by atoms with Gasteiger partial charge in [0.2, 0.25) is 0 Å². The number of alkyl carbamates (subject to hydrolysis) is 1. The first-order chi connectivity index (χ1) is 12.1. The van der Waals surface area contributed by atoms with Gasteiger partial charge in [0, 0.05) is 0 Å². The third-order valence-electron chi connectivity index (χ3n) is 2.90. The van der Waals surface area contributed by atoms with Crippen molar-refractivity contribution in [3.63, 3.8) is 0 Å². The molecule has 0 bridgehead atoms. The number of carbonyl (C=O) groups excluding carboxylic acids is 2. The van der Waals surface area contributed by atoms with E-state index >= 15 is 0 Å². The number of methoxy groups -OCH3 is 1. The minimum atomic E-state index is -1.41. The van der Waals surface area contributed by atoms with E-state index in [1.807, 2.05) is 12.1 Å². The van der Waals surface area contributed by atoms with Crippen molar-refractivity contribution in [1.82, 2.24) is 5.32 Å². The molecule has 26 heavy (non-hydrogen) atoms. The second-order valence-corrected chi connectivity index (χ2v) is 7.76. The van der Waals surface area contributed by atoms with Crippen molar-refractivity contribution in [1.29, 1.82) is 0 Å². The number of carbonyl (C=O) groups is 3. The Hall–Kier alpha value is -2.25. The summed E-state index contributed by atoms with van der Waals surface area (Å²) in [5.74, 6) is -1.30. The molecule has 2 N–H and O–H groups in total. The third kappa shape index (κ3) is 8.73. The first kappa shape index (κ1) is 21.8. The molecule has 9 heteroatoms. The number of hydrogen-bond donors (Lipinski definition) is 2. The molecule has 1 amide bonds. The Bertz CT molecular complexity index is 625. The SMILES string of the molecule is COc1ccc(C[Se]OC(=O)C[C@H](NC(=O)OC(C)(C)C)C(=O)O)cc1. The topological polar surface area (TPSA) is 111 Å². The Morgan fingerprint density at radius 3 is 2.31 bits per heavy atom. The van der Waals surface area contributed by atoms with Crippen molar-refractivity contribution in [3.05, 3.63) is 29.8 Å². The summed E-state index contributed by atoms with van der Waals surface area (Å²) in [4.78, 5) is 34.7. The summed E-state index contributed by atoms with van der Waals surface area (Å²) in [6.07, 6.45) is -1.37. The number of carboxylic acids is 1. The van der Waals surface area contributed by atoms with Crippen molar-refractivity contribution in [2.75, 3.05) is 7.11 Å². The van der Waals surface area contributed by atoms with Crippen molar-refractivity contribution in [2.24, 2.45) is 0 Å². The van der Waals surface area contributed by atoms with E-state index in [4.69, 9.17) is 18.4 Å². The summed E-state index contributed by atoms with van der Waals surface area (Å²) in [6.45, 7) is 4.95. The fourth-order valence-corrected chi connectivity index (χ4v) is 2.97. The molecule has 0 fully saturated rings. The van der Waals surface area contributed by atoms with Gasteiger partial charge in [-0.2, -0.15) is 0 Å². The van der Waals surface area contributed by atoms with Gasteiger partial charge in [0.05, 0.1) is 0 Å². The van der Waals surface area contributed by atoms with Crippen LogP contribution in [0.15, 0.2) is 24.3 Å². The molecule has 0 radical (unpaired) electrons. The Morgan fingerprint density at radius 2 is 1.81 bits per heavy atom. The van der Waals surface area contributed by atoms with Crippen LogP contribution in [0.1, 0.15) is 32.8 Å². The summed E-state index contributed by atoms with van der Waals surface area (Å²) in [5.41, 5.74) is 0.204. The van der Waals surface area contributed by atoms with Crippen LogP contribution < -0.4 is 10.1 Å². The number of nitrogens with one attached hydrogen (secondary N) is 1. The zero-order valence-corrected chi connectivity index (χ0v) is 16.8. The molecular weight excluding hydrogens is 409 g/mol. The predicted octanol–water partition coefficient (Wildman–Crippen LogP) is 1.73. The number of ether oxygens (including phenoxy) is 2. The zero-order chi connectivity index (χ0) is 19.7. The van der Waals surface area contributed by atoms with Crippen LogP contribution >= 0.6 is 0 Å². The van der Waals surface area contributed by atoms with Gasteiger partial charge < -0.3 is 0 Å². The maximum absolute atomic E-state index is 11.8. The second-order valence-electron chi connectivity index (χ2n) is 6.31. The molecule has 144 valence electrons. The molecule has 0 aliphatic carbocycles. The average molecular weight is 432 g/mol. The summed E-state index contributed by atoms with van der Waals surface area (Å²) in [7, 11) is 1.57. The monoisotopic (exact) mass is 433 g/mol. The molecule has 0 unspecified atom stereocenters. The van der Waals surface area contributed by atoms with E-state index in [1.54, 1.807) is 40.0 Å². The normalized spacial score (nSPS) is 12.0. The zero-order valence-electron chi connectivity index (χ0n) is 15.1. The van der Waals surface area contributed by atoms with Crippen LogP contribution in [0, 0.1) is 0 Å². The summed E-state index contributed by atoms with van der Waals surface area (Å²) < 4.78 is 15.1. The van der Waals surface area contributed by atoms with Gasteiger partial charge in [-0.1, -0.05) is 0 Å². The third-order valence-corrected chi connectivity index (χ3v) is 4.48. The van der Waals surface area contributed by atoms with Gasteiger partial charge in [-0.25, -0.2) is 0 Å². The number of rotatable bonds is 8. The van der Waals surface area contributed by atoms with Gasteiger partial charge in [-0.3, -0.25) is 0 Å². The molecule has 0 aliphatic rings. The first-order valence-corrected chi connectivity index (χ1v) is 9.69. The number of hydrogen-bond acceptors (Lipinski definition) is 6. The fraction of sp³-hybridized carbons (Fsp3) is 0.471. The van der Waals surface area contributed by atoms with Gasteiger partial charge in [-0.15, -0.1) is 0 Å². The van der Waals surface area contributed by atoms with Crippen LogP contribution in [0.3, 0.4) is 0 Å². The molecule has 1 aromatic carbocycles. The van der Waals surface area contributed by atoms with E-state index in [1.165, 1.54) is 0 Å². The maximum atomic E-state index is 11.8. The molecule has 1 aromatic rings. The molecule has 1 rings (SSSR count). The summed E-state index contributed by atoms with van der Waals surface area (Å²) in [5, 5.41) is 11.8. The van der Waals surface area contributed by atoms with Gasteiger partial charge in [0.15, 0.2) is 0 Å². The molecule has 8 nitrogen and oxygen atoms in total. The molecular formula is C17H23NO7Se. The number of carboxylic acid groups (broad SMARTS) is 1. The Kier molecular flexibility index (Phi) is 8.41. The molecule has 1 atom stereocenters. The number of amides is 1. The quantitative estimate of drug-likeness (QED) is 0.602. The van der Waals surface area contributed by atoms with Crippen molar-refractivity contribution in [2.45, 2.75) is 44.2 Å². The van der Waals surface area contributed by atoms with E-state index in [9.17, 15) is 14.4 Å². The minimum absolute atomic E-state index is 0.473. The molecule has 0 heterocycles. The van der Waals surface area contributed by atoms with Crippen LogP contribution in [-0.2, 0) is 23.5 Å². The van der Waals surface area contributed by atoms with Crippen molar-refractivity contribution >= 4 is 33.3 Å². The van der Waals surface area contributed by atoms with E-state index < -0.39 is 51.4 Å². The predicted molar refractivity (Wildman–Crippen MR) is 94.0 cm³/mol. The number of benzene rings is 1. The van der Waals surface area contributed by atoms with Gasteiger partial charge in [0.25, 0.3) is 0 Å². The van der Waals surface area contributed by atoms with Crippen LogP contribution in [0.25, 0.3) is 0 Å². The van der Waals surface area contributed by atoms with Gasteiger partial charge >= 0.3 is 158 Å². The Labute approximate surface area is 158 Å². The van der Waals surface area contributed by atoms with Crippen LogP contribution in [0.5, 0.6) is 5.75 Å². The molecule has 0 aliphatic heterocycles. The first-order valence-electron chi connectivity index (χ1n) is 7.78. The van der Waals surface area contributed by atoms with E-state index in [2.05, 4.69) is 5.32 Å². The second kappa shape index (κ2) is 10.0. The fourth-order valence-electron chi connectivity index (χ4n) is 1.74. The van der Waals surface area contributed by atoms with Crippen molar-refractivity contribution < 1.29 is 32.8 Å². The van der Waals surface area contributed by atoms with Gasteiger partial charge in [0.1, 0.15) is 0 Å². The molecule has 0 aromatic heterocycles. The molecule has 0 spiro atoms. The van der Waals surface area contributed by atoms with Crippen molar-refractivity contribution in [3.8, 4) is 5.75 Å². The molecule has 0 saturated heterocycles. The van der Waals surface area contributed by atoms with Gasteiger partial charge in [-0.05, 0) is 0 Å². The average Bonchev–Trinajstić information content (AvgIpc) is 2.53. The number of aliphatic carboxylic acids is 1. The van der Waals surface area contributed by atoms with Crippen LogP contribution in [0.2, 0.25) is 0 Å². The van der Waals surface area contributed by atoms with E-state index in [0.29, 0.717) is 5.32 Å². The Balaban J connectivity index is 2.44. The van der Waals surface area contributed by atoms with Crippen LogP contribution in [-0.4, -0.2) is 57.2 Å². The van der Waals surface area contributed by atoms with E-state index in [-0.39, 0.29) is 0 Å². The van der Waals surface area contributed by atoms with E-state index in [0.717, 1.165) is 11.3 Å². The van der Waals surface area contributed by atoms with Crippen LogP contribution in [0.4, 0.5) is 4.79 Å². The summed E-state index contributed by atoms with van der Waals surface area (Å²) in [6, 6.07) is 5.92. The molecule has 0 saturated carbocycles. The standard InChI is InChI=1S/C17H23NO7Se/c1-17(2,3)24-16(22)18-13(15(20)21)9-14(19)25-26-10-11-5-7-12(23-4)8-6-11/h5-8,13H,9-10H2,1-4H3,(H,18,22)(H,20,21)/t13-/m0/s1.